The van der Waals surface area contributed by atoms with E-state index in [4.69, 9.17) is 19.9 Å². The number of methoxy groups -OCH3 is 2. The number of aromatic nitrogens is 4. The number of hydrogen-bond donors (Lipinski definition) is 2. The number of ether oxygens (including phenoxy) is 3. The molecule has 12 nitrogen and oxygen atoms in total. The summed E-state index contributed by atoms with van der Waals surface area (Å²) in [7, 11) is 4.64. The number of anilines is 1. The minimum atomic E-state index is -0.482. The molecule has 0 bridgehead atoms. The quantitative estimate of drug-likeness (QED) is 0.179. The minimum absolute atomic E-state index is 0.102. The number of unbranched alkanes of at least 4 members (excludes halogenated alkanes) is 1. The number of hydrogen-bond acceptors (Lipinski definition) is 10. The van der Waals surface area contributed by atoms with Gasteiger partial charge in [0.05, 0.1) is 39.4 Å². The second-order valence-corrected chi connectivity index (χ2v) is 10.0. The van der Waals surface area contributed by atoms with Gasteiger partial charge >= 0.3 is 23.6 Å². The van der Waals surface area contributed by atoms with Crippen molar-refractivity contribution in [3.05, 3.63) is 80.8 Å². The molecule has 0 unspecified atom stereocenters. The number of nitrogens with zero attached hydrogens (tertiary/aromatic N) is 4. The van der Waals surface area contributed by atoms with Crippen LogP contribution in [-0.2, 0) is 40.3 Å². The molecule has 3 N–H and O–H groups in total. The molecule has 42 heavy (non-hydrogen) atoms. The summed E-state index contributed by atoms with van der Waals surface area (Å²) in [6.07, 6.45) is 1.99. The van der Waals surface area contributed by atoms with E-state index in [0.717, 1.165) is 29.5 Å². The van der Waals surface area contributed by atoms with E-state index in [9.17, 15) is 14.4 Å². The lowest BCUT2D eigenvalue weighted by Crippen LogP contribution is -2.21. The molecular weight excluding hydrogens is 540 g/mol. The van der Waals surface area contributed by atoms with E-state index in [0.29, 0.717) is 42.0 Å². The van der Waals surface area contributed by atoms with Crippen LogP contribution >= 0.6 is 0 Å². The second kappa shape index (κ2) is 13.8. The molecule has 4 aromatic rings. The van der Waals surface area contributed by atoms with Crippen molar-refractivity contribution in [2.45, 2.75) is 45.8 Å². The first-order valence-electron chi connectivity index (χ1n) is 13.6. The van der Waals surface area contributed by atoms with Crippen LogP contribution in [0.2, 0.25) is 0 Å². The van der Waals surface area contributed by atoms with Crippen LogP contribution in [0.1, 0.15) is 52.4 Å². The molecule has 0 saturated heterocycles. The van der Waals surface area contributed by atoms with Crippen LogP contribution in [-0.4, -0.2) is 64.2 Å². The summed E-state index contributed by atoms with van der Waals surface area (Å²) >= 11 is 0. The molecule has 0 aliphatic rings. The summed E-state index contributed by atoms with van der Waals surface area (Å²) in [4.78, 5) is 50.6. The van der Waals surface area contributed by atoms with E-state index in [-0.39, 0.29) is 30.8 Å². The minimum Gasteiger partial charge on any atom is -0.469 e. The normalized spacial score (nSPS) is 11.2. The molecule has 0 aliphatic heterocycles. The predicted octanol–water partition coefficient (Wildman–Crippen LogP) is 3.06. The van der Waals surface area contributed by atoms with Crippen molar-refractivity contribution in [3.8, 4) is 6.01 Å². The fourth-order valence-electron chi connectivity index (χ4n) is 4.63. The van der Waals surface area contributed by atoms with Crippen LogP contribution in [0.25, 0.3) is 11.2 Å². The van der Waals surface area contributed by atoms with Gasteiger partial charge in [0.25, 0.3) is 0 Å². The fourth-order valence-corrected chi connectivity index (χ4v) is 4.63. The summed E-state index contributed by atoms with van der Waals surface area (Å²) in [5, 5.41) is 0. The zero-order valence-electron chi connectivity index (χ0n) is 24.3. The first-order chi connectivity index (χ1) is 20.2. The summed E-state index contributed by atoms with van der Waals surface area (Å²) in [5.41, 5.74) is 10.1. The molecule has 2 aromatic heterocycles. The van der Waals surface area contributed by atoms with E-state index in [1.807, 2.05) is 50.4 Å². The predicted molar refractivity (Wildman–Crippen MR) is 157 cm³/mol. The molecule has 12 heteroatoms. The molecule has 0 spiro atoms. The second-order valence-electron chi connectivity index (χ2n) is 10.0. The summed E-state index contributed by atoms with van der Waals surface area (Å²) < 4.78 is 16.9. The first kappa shape index (κ1) is 30.3. The SMILES string of the molecule is CCCCOc1nc(N)c2[nH]c(=O)n(Cc3ccc(CN(C)Cc4cccc(CC(=O)OC)c4)c(C(=O)OC)c3)c2n1. The molecule has 0 atom stereocenters. The van der Waals surface area contributed by atoms with Gasteiger partial charge in [-0.3, -0.25) is 14.3 Å². The highest BCUT2D eigenvalue weighted by atomic mass is 16.5. The zero-order valence-corrected chi connectivity index (χ0v) is 24.3. The van der Waals surface area contributed by atoms with Crippen molar-refractivity contribution >= 4 is 28.9 Å². The van der Waals surface area contributed by atoms with Crippen molar-refractivity contribution < 1.29 is 23.8 Å². The highest BCUT2D eigenvalue weighted by Gasteiger charge is 2.18. The number of esters is 2. The Kier molecular flexibility index (Phi) is 9.92. The molecule has 0 radical (unpaired) electrons. The zero-order chi connectivity index (χ0) is 30.2. The van der Waals surface area contributed by atoms with Crippen molar-refractivity contribution in [2.24, 2.45) is 0 Å². The van der Waals surface area contributed by atoms with E-state index in [2.05, 4.69) is 19.9 Å². The molecule has 2 heterocycles. The van der Waals surface area contributed by atoms with Crippen LogP contribution in [0.5, 0.6) is 6.01 Å². The van der Waals surface area contributed by atoms with Gasteiger partial charge in [-0.25, -0.2) is 9.59 Å². The van der Waals surface area contributed by atoms with Gasteiger partial charge in [-0.1, -0.05) is 49.7 Å². The van der Waals surface area contributed by atoms with E-state index < -0.39 is 11.7 Å². The Morgan fingerprint density at radius 2 is 1.81 bits per heavy atom. The van der Waals surface area contributed by atoms with Crippen LogP contribution < -0.4 is 16.2 Å². The summed E-state index contributed by atoms with van der Waals surface area (Å²) in [6, 6.07) is 13.3. The largest absolute Gasteiger partial charge is 0.469 e. The number of nitrogen functional groups attached to an aromatic ring is 1. The number of carbonyl (C=O) groups is 2. The fraction of sp³-hybridized carbons (Fsp3) is 0.367. The van der Waals surface area contributed by atoms with Crippen LogP contribution in [0.3, 0.4) is 0 Å². The maximum absolute atomic E-state index is 12.8. The summed E-state index contributed by atoms with van der Waals surface area (Å²) in [5.74, 6) is -0.661. The first-order valence-corrected chi connectivity index (χ1v) is 13.6. The third-order valence-electron chi connectivity index (χ3n) is 6.74. The Hall–Kier alpha value is -4.71. The average Bonchev–Trinajstić information content (AvgIpc) is 3.28. The number of nitrogens with two attached hydrogens (primary N) is 1. The van der Waals surface area contributed by atoms with Crippen LogP contribution in [0.4, 0.5) is 5.82 Å². The molecule has 2 aromatic carbocycles. The van der Waals surface area contributed by atoms with Gasteiger partial charge in [-0.2, -0.15) is 9.97 Å². The Morgan fingerprint density at radius 3 is 2.55 bits per heavy atom. The lowest BCUT2D eigenvalue weighted by atomic mass is 10.0. The van der Waals surface area contributed by atoms with E-state index in [1.165, 1.54) is 18.8 Å². The number of aromatic amines is 1. The maximum Gasteiger partial charge on any atom is 0.338 e. The van der Waals surface area contributed by atoms with Gasteiger partial charge in [0.15, 0.2) is 11.5 Å². The van der Waals surface area contributed by atoms with E-state index in [1.54, 1.807) is 6.07 Å². The number of imidazole rings is 1. The third-order valence-corrected chi connectivity index (χ3v) is 6.74. The molecular formula is C30H36N6O6. The van der Waals surface area contributed by atoms with Crippen molar-refractivity contribution in [2.75, 3.05) is 33.6 Å². The Labute approximate surface area is 243 Å². The molecule has 4 rings (SSSR count). The van der Waals surface area contributed by atoms with E-state index >= 15 is 0 Å². The van der Waals surface area contributed by atoms with Crippen molar-refractivity contribution in [1.29, 1.82) is 0 Å². The highest BCUT2D eigenvalue weighted by Crippen LogP contribution is 2.21. The topological polar surface area (TPSA) is 155 Å². The van der Waals surface area contributed by atoms with Gasteiger partial charge in [-0.05, 0) is 41.8 Å². The number of rotatable bonds is 13. The van der Waals surface area contributed by atoms with Crippen LogP contribution in [0, 0.1) is 0 Å². The number of carbonyl (C=O) groups excluding carboxylic acids is 2. The number of nitrogens with one attached hydrogen (secondary N) is 1. The lowest BCUT2D eigenvalue weighted by Gasteiger charge is -2.19. The number of H-pyrrole nitrogens is 1. The Morgan fingerprint density at radius 1 is 1.02 bits per heavy atom. The van der Waals surface area contributed by atoms with Crippen LogP contribution in [0.15, 0.2) is 47.3 Å². The van der Waals surface area contributed by atoms with Gasteiger partial charge < -0.3 is 24.9 Å². The van der Waals surface area contributed by atoms with Gasteiger partial charge in [0.2, 0.25) is 0 Å². The smallest absolute Gasteiger partial charge is 0.338 e. The highest BCUT2D eigenvalue weighted by molar-refractivity contribution is 5.91. The monoisotopic (exact) mass is 576 g/mol. The Balaban J connectivity index is 1.56. The molecule has 0 fully saturated rings. The molecule has 0 amide bonds. The average molecular weight is 577 g/mol. The van der Waals surface area contributed by atoms with Crippen molar-refractivity contribution in [3.63, 3.8) is 0 Å². The molecule has 0 aliphatic carbocycles. The third kappa shape index (κ3) is 7.32. The lowest BCUT2D eigenvalue weighted by molar-refractivity contribution is -0.139. The number of fused-ring (bicyclic) bond motifs is 1. The number of benzene rings is 2. The molecule has 222 valence electrons. The van der Waals surface area contributed by atoms with Gasteiger partial charge in [0.1, 0.15) is 5.52 Å². The van der Waals surface area contributed by atoms with Gasteiger partial charge in [-0.15, -0.1) is 0 Å². The van der Waals surface area contributed by atoms with Gasteiger partial charge in [0, 0.05) is 13.1 Å². The summed E-state index contributed by atoms with van der Waals surface area (Å²) in [6.45, 7) is 3.67. The maximum atomic E-state index is 12.8. The van der Waals surface area contributed by atoms with Crippen molar-refractivity contribution in [1.82, 2.24) is 24.4 Å². The standard InChI is InChI=1S/C30H36N6O6/c1-5-6-12-42-29-33-26(31)25-27(34-29)36(30(39)32-25)17-21-10-11-22(23(14-21)28(38)41-4)18-35(2)16-20-9-7-8-19(13-20)15-24(37)40-3/h7-11,13-14H,5-6,12,15-18H2,1-4H3,(H,32,39)(H2,31,33,34). The Bertz CT molecular complexity index is 1630. The molecule has 0 saturated carbocycles.